The van der Waals surface area contributed by atoms with Crippen molar-refractivity contribution in [1.29, 1.82) is 0 Å². The summed E-state index contributed by atoms with van der Waals surface area (Å²) in [5.74, 6) is 1.11. The molecule has 2 N–H and O–H groups in total. The number of nitrogens with zero attached hydrogens (tertiary/aromatic N) is 1. The minimum atomic E-state index is 0.481. The van der Waals surface area contributed by atoms with Crippen LogP contribution in [0, 0.1) is 0 Å². The zero-order chi connectivity index (χ0) is 12.8. The molecule has 17 heavy (non-hydrogen) atoms. The minimum absolute atomic E-state index is 0.481. The van der Waals surface area contributed by atoms with E-state index < -0.39 is 0 Å². The van der Waals surface area contributed by atoms with Gasteiger partial charge < -0.3 is 10.6 Å². The van der Waals surface area contributed by atoms with Gasteiger partial charge in [0.15, 0.2) is 0 Å². The summed E-state index contributed by atoms with van der Waals surface area (Å²) >= 11 is 8.06. The third-order valence-corrected chi connectivity index (χ3v) is 4.13. The first-order chi connectivity index (χ1) is 8.15. The van der Waals surface area contributed by atoms with Gasteiger partial charge in [0, 0.05) is 41.7 Å². The largest absolute Gasteiger partial charge is 0.370 e. The number of thioether (sulfide) groups is 1. The van der Waals surface area contributed by atoms with E-state index in [9.17, 15) is 0 Å². The molecule has 1 rings (SSSR count). The second-order valence-corrected chi connectivity index (χ2v) is 5.39. The van der Waals surface area contributed by atoms with Crippen LogP contribution in [0.3, 0.4) is 0 Å². The molecule has 4 heteroatoms. The van der Waals surface area contributed by atoms with Crippen LogP contribution >= 0.6 is 23.4 Å². The molecule has 2 nitrogen and oxygen atoms in total. The van der Waals surface area contributed by atoms with Crippen LogP contribution in [0.5, 0.6) is 0 Å². The first-order valence-electron chi connectivity index (χ1n) is 5.84. The standard InChI is InChI=1S/C13H21ClN2S/c1-4-10(9-17-3)16(2)13-7-5-6-12(14)11(13)8-15/h5-7,10H,4,8-9,15H2,1-3H3. The molecule has 0 bridgehead atoms. The van der Waals surface area contributed by atoms with E-state index in [4.69, 9.17) is 17.3 Å². The van der Waals surface area contributed by atoms with Crippen molar-refractivity contribution in [3.63, 3.8) is 0 Å². The van der Waals surface area contributed by atoms with Gasteiger partial charge in [0.05, 0.1) is 0 Å². The van der Waals surface area contributed by atoms with E-state index in [1.165, 1.54) is 0 Å². The summed E-state index contributed by atoms with van der Waals surface area (Å²) in [6, 6.07) is 6.50. The van der Waals surface area contributed by atoms with Crippen molar-refractivity contribution in [2.75, 3.05) is 24.0 Å². The number of nitrogens with two attached hydrogens (primary N) is 1. The third kappa shape index (κ3) is 3.54. The lowest BCUT2D eigenvalue weighted by molar-refractivity contribution is 0.670. The van der Waals surface area contributed by atoms with Crippen molar-refractivity contribution in [1.82, 2.24) is 0 Å². The Morgan fingerprint density at radius 2 is 2.18 bits per heavy atom. The zero-order valence-electron chi connectivity index (χ0n) is 10.7. The normalized spacial score (nSPS) is 12.5. The molecule has 0 saturated carbocycles. The maximum absolute atomic E-state index is 6.19. The quantitative estimate of drug-likeness (QED) is 0.861. The molecule has 0 fully saturated rings. The average molecular weight is 273 g/mol. The summed E-state index contributed by atoms with van der Waals surface area (Å²) in [7, 11) is 2.12. The fourth-order valence-electron chi connectivity index (χ4n) is 1.97. The number of rotatable bonds is 6. The molecule has 0 amide bonds. The lowest BCUT2D eigenvalue weighted by Crippen LogP contribution is -2.34. The van der Waals surface area contributed by atoms with E-state index in [-0.39, 0.29) is 0 Å². The highest BCUT2D eigenvalue weighted by Gasteiger charge is 2.16. The molecule has 1 unspecified atom stereocenters. The van der Waals surface area contributed by atoms with Crippen molar-refractivity contribution < 1.29 is 0 Å². The highest BCUT2D eigenvalue weighted by Crippen LogP contribution is 2.28. The summed E-state index contributed by atoms with van der Waals surface area (Å²) in [5, 5.41) is 0.760. The van der Waals surface area contributed by atoms with Crippen molar-refractivity contribution in [3.8, 4) is 0 Å². The molecule has 0 aliphatic rings. The zero-order valence-corrected chi connectivity index (χ0v) is 12.3. The number of halogens is 1. The molecule has 1 atom stereocenters. The van der Waals surface area contributed by atoms with Gasteiger partial charge in [-0.05, 0) is 24.8 Å². The van der Waals surface area contributed by atoms with Crippen LogP contribution in [0.4, 0.5) is 5.69 Å². The predicted molar refractivity (Wildman–Crippen MR) is 80.2 cm³/mol. The van der Waals surface area contributed by atoms with Gasteiger partial charge in [-0.3, -0.25) is 0 Å². The second-order valence-electron chi connectivity index (χ2n) is 4.07. The third-order valence-electron chi connectivity index (χ3n) is 3.06. The van der Waals surface area contributed by atoms with Crippen molar-refractivity contribution in [2.45, 2.75) is 25.9 Å². The van der Waals surface area contributed by atoms with Gasteiger partial charge in [-0.15, -0.1) is 0 Å². The van der Waals surface area contributed by atoms with E-state index in [1.54, 1.807) is 0 Å². The van der Waals surface area contributed by atoms with Crippen LogP contribution in [-0.4, -0.2) is 25.1 Å². The van der Waals surface area contributed by atoms with Crippen LogP contribution in [-0.2, 0) is 6.54 Å². The molecule has 96 valence electrons. The molecule has 0 aliphatic heterocycles. The Bertz CT molecular complexity index is 357. The van der Waals surface area contributed by atoms with Crippen molar-refractivity contribution in [2.24, 2.45) is 5.73 Å². The van der Waals surface area contributed by atoms with Gasteiger partial charge in [-0.25, -0.2) is 0 Å². The van der Waals surface area contributed by atoms with Crippen LogP contribution < -0.4 is 10.6 Å². The Morgan fingerprint density at radius 3 is 2.71 bits per heavy atom. The van der Waals surface area contributed by atoms with Gasteiger partial charge in [0.25, 0.3) is 0 Å². The smallest absolute Gasteiger partial charge is 0.0471 e. The lowest BCUT2D eigenvalue weighted by Gasteiger charge is -2.30. The van der Waals surface area contributed by atoms with Crippen LogP contribution in [0.1, 0.15) is 18.9 Å². The van der Waals surface area contributed by atoms with E-state index in [1.807, 2.05) is 23.9 Å². The average Bonchev–Trinajstić information content (AvgIpc) is 2.34. The Balaban J connectivity index is 3.01. The van der Waals surface area contributed by atoms with Crippen LogP contribution in [0.2, 0.25) is 5.02 Å². The Hall–Kier alpha value is -0.380. The monoisotopic (exact) mass is 272 g/mol. The molecule has 1 aromatic carbocycles. The molecule has 0 aliphatic carbocycles. The van der Waals surface area contributed by atoms with E-state index in [0.717, 1.165) is 28.4 Å². The highest BCUT2D eigenvalue weighted by molar-refractivity contribution is 7.98. The second kappa shape index (κ2) is 7.14. The van der Waals surface area contributed by atoms with E-state index in [2.05, 4.69) is 31.2 Å². The molecular weight excluding hydrogens is 252 g/mol. The SMILES string of the molecule is CCC(CSC)N(C)c1cccc(Cl)c1CN. The molecule has 0 saturated heterocycles. The molecule has 0 aromatic heterocycles. The highest BCUT2D eigenvalue weighted by atomic mass is 35.5. The summed E-state index contributed by atoms with van der Waals surface area (Å²) in [5.41, 5.74) is 7.98. The van der Waals surface area contributed by atoms with Gasteiger partial charge in [0.1, 0.15) is 0 Å². The summed E-state index contributed by atoms with van der Waals surface area (Å²) in [6.07, 6.45) is 3.26. The summed E-state index contributed by atoms with van der Waals surface area (Å²) < 4.78 is 0. The Labute approximate surface area is 114 Å². The Kier molecular flexibility index (Phi) is 6.17. The maximum Gasteiger partial charge on any atom is 0.0471 e. The molecule has 0 heterocycles. The molecular formula is C13H21ClN2S. The molecule has 1 aromatic rings. The first-order valence-corrected chi connectivity index (χ1v) is 7.62. The minimum Gasteiger partial charge on any atom is -0.370 e. The predicted octanol–water partition coefficient (Wildman–Crippen LogP) is 3.38. The van der Waals surface area contributed by atoms with E-state index >= 15 is 0 Å². The fraction of sp³-hybridized carbons (Fsp3) is 0.538. The number of anilines is 1. The van der Waals surface area contributed by atoms with Crippen molar-refractivity contribution >= 4 is 29.1 Å². The van der Waals surface area contributed by atoms with Gasteiger partial charge in [-0.2, -0.15) is 11.8 Å². The number of hydrogen-bond donors (Lipinski definition) is 1. The van der Waals surface area contributed by atoms with Gasteiger partial charge >= 0.3 is 0 Å². The number of benzene rings is 1. The first kappa shape index (κ1) is 14.7. The van der Waals surface area contributed by atoms with Gasteiger partial charge in [0.2, 0.25) is 0 Å². The number of hydrogen-bond acceptors (Lipinski definition) is 3. The summed E-state index contributed by atoms with van der Waals surface area (Å²) in [4.78, 5) is 2.30. The molecule has 0 radical (unpaired) electrons. The lowest BCUT2D eigenvalue weighted by atomic mass is 10.1. The van der Waals surface area contributed by atoms with Crippen LogP contribution in [0.15, 0.2) is 18.2 Å². The summed E-state index contributed by atoms with van der Waals surface area (Å²) in [6.45, 7) is 2.69. The topological polar surface area (TPSA) is 29.3 Å². The van der Waals surface area contributed by atoms with Crippen LogP contribution in [0.25, 0.3) is 0 Å². The van der Waals surface area contributed by atoms with Gasteiger partial charge in [-0.1, -0.05) is 24.6 Å². The van der Waals surface area contributed by atoms with Crippen molar-refractivity contribution in [3.05, 3.63) is 28.8 Å². The fourth-order valence-corrected chi connectivity index (χ4v) is 3.06. The maximum atomic E-state index is 6.19. The van der Waals surface area contributed by atoms with E-state index in [0.29, 0.717) is 12.6 Å². The Morgan fingerprint density at radius 1 is 1.47 bits per heavy atom. The molecule has 0 spiro atoms.